The zero-order chi connectivity index (χ0) is 18.6. The minimum absolute atomic E-state index is 0.185. The summed E-state index contributed by atoms with van der Waals surface area (Å²) in [6, 6.07) is 6.80. The Morgan fingerprint density at radius 3 is 2.54 bits per heavy atom. The number of ether oxygens (including phenoxy) is 1. The molecule has 6 nitrogen and oxygen atoms in total. The molecular formula is C17H17F3N4O2. The van der Waals surface area contributed by atoms with Gasteiger partial charge in [-0.1, -0.05) is 0 Å². The second-order valence-electron chi connectivity index (χ2n) is 5.90. The lowest BCUT2D eigenvalue weighted by Crippen LogP contribution is -2.41. The summed E-state index contributed by atoms with van der Waals surface area (Å²) in [6.45, 7) is 1.27. The Bertz CT molecular complexity index is 738. The van der Waals surface area contributed by atoms with Gasteiger partial charge in [0.15, 0.2) is 0 Å². The number of halogens is 3. The monoisotopic (exact) mass is 366 g/mol. The van der Waals surface area contributed by atoms with E-state index in [0.29, 0.717) is 18.2 Å². The average Bonchev–Trinajstić information content (AvgIpc) is 2.63. The molecule has 2 heterocycles. The van der Waals surface area contributed by atoms with E-state index < -0.39 is 6.36 Å². The summed E-state index contributed by atoms with van der Waals surface area (Å²) in [4.78, 5) is 22.8. The van der Waals surface area contributed by atoms with E-state index >= 15 is 0 Å². The van der Waals surface area contributed by atoms with Gasteiger partial charge >= 0.3 is 6.36 Å². The third-order valence-corrected chi connectivity index (χ3v) is 3.98. The summed E-state index contributed by atoms with van der Waals surface area (Å²) in [6.07, 6.45) is 0.113. The van der Waals surface area contributed by atoms with Crippen LogP contribution in [0.5, 0.6) is 5.75 Å². The van der Waals surface area contributed by atoms with E-state index in [1.54, 1.807) is 18.5 Å². The summed E-state index contributed by atoms with van der Waals surface area (Å²) in [7, 11) is 0. The lowest BCUT2D eigenvalue weighted by molar-refractivity contribution is -0.274. The molecule has 0 aliphatic carbocycles. The molecule has 3 rings (SSSR count). The molecule has 1 N–H and O–H groups in total. The first-order valence-corrected chi connectivity index (χ1v) is 8.09. The zero-order valence-electron chi connectivity index (χ0n) is 13.7. The van der Waals surface area contributed by atoms with Crippen molar-refractivity contribution >= 4 is 17.5 Å². The number of carbonyl (C=O) groups is 1. The molecular weight excluding hydrogens is 349 g/mol. The van der Waals surface area contributed by atoms with E-state index in [-0.39, 0.29) is 17.6 Å². The number of nitrogens with one attached hydrogen (secondary N) is 1. The van der Waals surface area contributed by atoms with Crippen LogP contribution >= 0.6 is 0 Å². The molecule has 9 heteroatoms. The number of piperidine rings is 1. The predicted molar refractivity (Wildman–Crippen MR) is 88.7 cm³/mol. The Morgan fingerprint density at radius 2 is 1.88 bits per heavy atom. The SMILES string of the molecule is O=C(Nc1ccc(OC(F)(F)F)cc1)[C@H]1CCCN(c2ncccn2)C1. The van der Waals surface area contributed by atoms with Gasteiger partial charge in [-0.2, -0.15) is 0 Å². The Hall–Kier alpha value is -2.84. The molecule has 0 saturated carbocycles. The summed E-state index contributed by atoms with van der Waals surface area (Å²) >= 11 is 0. The molecule has 1 fully saturated rings. The van der Waals surface area contributed by atoms with Crippen molar-refractivity contribution in [3.05, 3.63) is 42.7 Å². The first-order chi connectivity index (χ1) is 12.4. The third kappa shape index (κ3) is 4.84. The van der Waals surface area contributed by atoms with Gasteiger partial charge < -0.3 is 15.0 Å². The number of anilines is 2. The molecule has 0 unspecified atom stereocenters. The number of nitrogens with zero attached hydrogens (tertiary/aromatic N) is 3. The highest BCUT2D eigenvalue weighted by Gasteiger charge is 2.31. The first-order valence-electron chi connectivity index (χ1n) is 8.09. The lowest BCUT2D eigenvalue weighted by Gasteiger charge is -2.31. The minimum Gasteiger partial charge on any atom is -0.406 e. The third-order valence-electron chi connectivity index (χ3n) is 3.98. The smallest absolute Gasteiger partial charge is 0.406 e. The van der Waals surface area contributed by atoms with Crippen LogP contribution in [0.4, 0.5) is 24.8 Å². The molecule has 1 aromatic heterocycles. The van der Waals surface area contributed by atoms with Crippen molar-refractivity contribution in [2.24, 2.45) is 5.92 Å². The van der Waals surface area contributed by atoms with Crippen molar-refractivity contribution in [2.45, 2.75) is 19.2 Å². The zero-order valence-corrected chi connectivity index (χ0v) is 13.7. The summed E-state index contributed by atoms with van der Waals surface area (Å²) in [5, 5.41) is 2.73. The van der Waals surface area contributed by atoms with E-state index in [9.17, 15) is 18.0 Å². The fourth-order valence-corrected chi connectivity index (χ4v) is 2.81. The number of amides is 1. The van der Waals surface area contributed by atoms with Crippen LogP contribution in [0.2, 0.25) is 0 Å². The van der Waals surface area contributed by atoms with Gasteiger partial charge in [0.25, 0.3) is 0 Å². The Balaban J connectivity index is 1.59. The minimum atomic E-state index is -4.74. The topological polar surface area (TPSA) is 67.3 Å². The average molecular weight is 366 g/mol. The molecule has 0 radical (unpaired) electrons. The maximum absolute atomic E-state index is 12.5. The number of carbonyl (C=O) groups excluding carboxylic acids is 1. The molecule has 1 aliphatic heterocycles. The van der Waals surface area contributed by atoms with Crippen molar-refractivity contribution in [3.8, 4) is 5.75 Å². The van der Waals surface area contributed by atoms with E-state index in [0.717, 1.165) is 31.5 Å². The van der Waals surface area contributed by atoms with E-state index in [4.69, 9.17) is 0 Å². The van der Waals surface area contributed by atoms with Gasteiger partial charge in [-0.3, -0.25) is 4.79 Å². The molecule has 26 heavy (non-hydrogen) atoms. The summed E-state index contributed by atoms with van der Waals surface area (Å²) in [5.41, 5.74) is 0.414. The van der Waals surface area contributed by atoms with Gasteiger partial charge in [-0.25, -0.2) is 9.97 Å². The second-order valence-corrected chi connectivity index (χ2v) is 5.90. The molecule has 2 aromatic rings. The number of hydrogen-bond donors (Lipinski definition) is 1. The Labute approximate surface area is 148 Å². The van der Waals surface area contributed by atoms with Crippen LogP contribution in [0, 0.1) is 5.92 Å². The van der Waals surface area contributed by atoms with Gasteiger partial charge in [0.05, 0.1) is 5.92 Å². The molecule has 0 bridgehead atoms. The van der Waals surface area contributed by atoms with Gasteiger partial charge in [0.1, 0.15) is 5.75 Å². The molecule has 138 valence electrons. The van der Waals surface area contributed by atoms with Crippen molar-refractivity contribution < 1.29 is 22.7 Å². The van der Waals surface area contributed by atoms with Gasteiger partial charge in [-0.15, -0.1) is 13.2 Å². The molecule has 1 atom stereocenters. The van der Waals surface area contributed by atoms with Crippen molar-refractivity contribution in [1.82, 2.24) is 9.97 Å². The van der Waals surface area contributed by atoms with Crippen LogP contribution in [0.1, 0.15) is 12.8 Å². The lowest BCUT2D eigenvalue weighted by atomic mass is 9.97. The number of rotatable bonds is 4. The highest BCUT2D eigenvalue weighted by atomic mass is 19.4. The number of hydrogen-bond acceptors (Lipinski definition) is 5. The normalized spacial score (nSPS) is 17.7. The number of aromatic nitrogens is 2. The largest absolute Gasteiger partial charge is 0.573 e. The molecule has 0 spiro atoms. The van der Waals surface area contributed by atoms with Crippen molar-refractivity contribution in [3.63, 3.8) is 0 Å². The highest BCUT2D eigenvalue weighted by Crippen LogP contribution is 2.25. The quantitative estimate of drug-likeness (QED) is 0.900. The van der Waals surface area contributed by atoms with Crippen molar-refractivity contribution in [2.75, 3.05) is 23.3 Å². The number of alkyl halides is 3. The first kappa shape index (κ1) is 18.0. The summed E-state index contributed by atoms with van der Waals surface area (Å²) < 4.78 is 40.3. The van der Waals surface area contributed by atoms with Crippen LogP contribution in [0.25, 0.3) is 0 Å². The predicted octanol–water partition coefficient (Wildman–Crippen LogP) is 3.23. The van der Waals surface area contributed by atoms with Crippen LogP contribution in [-0.4, -0.2) is 35.3 Å². The Morgan fingerprint density at radius 1 is 1.19 bits per heavy atom. The molecule has 1 aromatic carbocycles. The van der Waals surface area contributed by atoms with E-state index in [1.165, 1.54) is 12.1 Å². The number of benzene rings is 1. The molecule has 1 aliphatic rings. The van der Waals surface area contributed by atoms with Crippen LogP contribution < -0.4 is 15.0 Å². The van der Waals surface area contributed by atoms with E-state index in [1.807, 2.05) is 4.90 Å². The van der Waals surface area contributed by atoms with Crippen LogP contribution in [0.3, 0.4) is 0 Å². The molecule has 1 saturated heterocycles. The van der Waals surface area contributed by atoms with Gasteiger partial charge in [0, 0.05) is 31.2 Å². The fourth-order valence-electron chi connectivity index (χ4n) is 2.81. The standard InChI is InChI=1S/C17H17F3N4O2/c18-17(19,20)26-14-6-4-13(5-7-14)23-15(25)12-3-1-10-24(11-12)16-21-8-2-9-22-16/h2,4-9,12H,1,3,10-11H2,(H,23,25)/t12-/m0/s1. The molecule has 1 amide bonds. The van der Waals surface area contributed by atoms with Crippen LogP contribution in [-0.2, 0) is 4.79 Å². The van der Waals surface area contributed by atoms with Crippen molar-refractivity contribution in [1.29, 1.82) is 0 Å². The van der Waals surface area contributed by atoms with Gasteiger partial charge in [-0.05, 0) is 43.2 Å². The van der Waals surface area contributed by atoms with Crippen LogP contribution in [0.15, 0.2) is 42.7 Å². The second kappa shape index (κ2) is 7.59. The highest BCUT2D eigenvalue weighted by molar-refractivity contribution is 5.93. The fraction of sp³-hybridized carbons (Fsp3) is 0.353. The maximum atomic E-state index is 12.5. The maximum Gasteiger partial charge on any atom is 0.573 e. The summed E-state index contributed by atoms with van der Waals surface area (Å²) in [5.74, 6) is -0.187. The van der Waals surface area contributed by atoms with Gasteiger partial charge in [0.2, 0.25) is 11.9 Å². The van der Waals surface area contributed by atoms with E-state index in [2.05, 4.69) is 20.0 Å². The Kier molecular flexibility index (Phi) is 5.24.